The molecule has 0 aliphatic carbocycles. The molecule has 1 aromatic rings. The Morgan fingerprint density at radius 2 is 1.92 bits per heavy atom. The minimum Gasteiger partial charge on any atom is -0.480 e. The Balaban J connectivity index is 3.24. The molecule has 1 unspecified atom stereocenters. The Bertz CT molecular complexity index is 667. The number of amides is 2. The van der Waals surface area contributed by atoms with Gasteiger partial charge in [0.15, 0.2) is 6.04 Å². The first-order valence-electron chi connectivity index (χ1n) is 7.97. The second-order valence-corrected chi connectivity index (χ2v) is 6.90. The maximum absolute atomic E-state index is 12.9. The molecule has 0 fully saturated rings. The molecule has 144 valence electrons. The van der Waals surface area contributed by atoms with Crippen LogP contribution in [0.3, 0.4) is 0 Å². The summed E-state index contributed by atoms with van der Waals surface area (Å²) in [7, 11) is 1.43. The molecule has 0 bridgehead atoms. The van der Waals surface area contributed by atoms with Crippen molar-refractivity contribution >= 4 is 41.0 Å². The number of halogens is 2. The van der Waals surface area contributed by atoms with Gasteiger partial charge in [-0.2, -0.15) is 0 Å². The normalized spacial score (nSPS) is 11.9. The van der Waals surface area contributed by atoms with E-state index in [0.29, 0.717) is 0 Å². The van der Waals surface area contributed by atoms with Gasteiger partial charge in [-0.25, -0.2) is 9.80 Å². The highest BCUT2D eigenvalue weighted by Crippen LogP contribution is 2.23. The molecule has 0 saturated heterocycles. The topological polar surface area (TPSA) is 95.9 Å². The third-order valence-electron chi connectivity index (χ3n) is 3.45. The summed E-state index contributed by atoms with van der Waals surface area (Å²) in [5, 5.41) is 10.7. The Hall–Kier alpha value is -1.83. The Kier molecular flexibility index (Phi) is 8.84. The lowest BCUT2D eigenvalue weighted by Crippen LogP contribution is -2.55. The van der Waals surface area contributed by atoms with E-state index >= 15 is 0 Å². The first-order valence-corrected chi connectivity index (χ1v) is 8.72. The SMILES string of the molecule is COCCC(=O)NN(C(=O)c1cc(Cl)ccc1Cl)C(CC(C)C)C(=O)O. The molecule has 0 aliphatic rings. The number of methoxy groups -OCH3 is 1. The number of carboxylic acid groups (broad SMARTS) is 1. The highest BCUT2D eigenvalue weighted by atomic mass is 35.5. The second kappa shape index (κ2) is 10.4. The van der Waals surface area contributed by atoms with Gasteiger partial charge in [-0.15, -0.1) is 0 Å². The van der Waals surface area contributed by atoms with Crippen LogP contribution in [0.4, 0.5) is 0 Å². The molecule has 2 amide bonds. The van der Waals surface area contributed by atoms with Crippen molar-refractivity contribution < 1.29 is 24.2 Å². The van der Waals surface area contributed by atoms with Gasteiger partial charge in [0.2, 0.25) is 5.91 Å². The van der Waals surface area contributed by atoms with Gasteiger partial charge < -0.3 is 9.84 Å². The number of aliphatic carboxylic acids is 1. The molecule has 1 aromatic carbocycles. The highest BCUT2D eigenvalue weighted by Gasteiger charge is 2.33. The number of benzene rings is 1. The number of rotatable bonds is 8. The number of carbonyl (C=O) groups excluding carboxylic acids is 2. The van der Waals surface area contributed by atoms with Crippen LogP contribution in [-0.4, -0.2) is 47.7 Å². The van der Waals surface area contributed by atoms with Crippen LogP contribution in [0.2, 0.25) is 10.0 Å². The van der Waals surface area contributed by atoms with Gasteiger partial charge >= 0.3 is 5.97 Å². The van der Waals surface area contributed by atoms with Crippen molar-refractivity contribution in [3.8, 4) is 0 Å². The van der Waals surface area contributed by atoms with Crippen LogP contribution in [0.15, 0.2) is 18.2 Å². The fourth-order valence-corrected chi connectivity index (χ4v) is 2.58. The zero-order chi connectivity index (χ0) is 19.9. The number of hydrogen-bond acceptors (Lipinski definition) is 4. The van der Waals surface area contributed by atoms with Crippen LogP contribution in [0, 0.1) is 5.92 Å². The highest BCUT2D eigenvalue weighted by molar-refractivity contribution is 6.35. The molecule has 0 saturated carbocycles. The minimum atomic E-state index is -1.26. The monoisotopic (exact) mass is 404 g/mol. The number of nitrogens with one attached hydrogen (secondary N) is 1. The summed E-state index contributed by atoms with van der Waals surface area (Å²) >= 11 is 12.0. The van der Waals surface area contributed by atoms with Gasteiger partial charge in [-0.1, -0.05) is 37.0 Å². The zero-order valence-corrected chi connectivity index (χ0v) is 16.3. The standard InChI is InChI=1S/C17H22Cl2N2O5/c1-10(2)8-14(17(24)25)21(20-15(22)6-7-26-3)16(23)12-9-11(18)4-5-13(12)19/h4-5,9-10,14H,6-8H2,1-3H3,(H,20,22)(H,24,25). The predicted octanol–water partition coefficient (Wildman–Crippen LogP) is 3.00. The van der Waals surface area contributed by atoms with Crippen molar-refractivity contribution in [2.75, 3.05) is 13.7 Å². The lowest BCUT2D eigenvalue weighted by Gasteiger charge is -2.30. The summed E-state index contributed by atoms with van der Waals surface area (Å²) in [4.78, 5) is 36.7. The van der Waals surface area contributed by atoms with Crippen molar-refractivity contribution in [3.63, 3.8) is 0 Å². The smallest absolute Gasteiger partial charge is 0.328 e. The molecule has 0 spiro atoms. The molecule has 1 rings (SSSR count). The quantitative estimate of drug-likeness (QED) is 0.649. The lowest BCUT2D eigenvalue weighted by atomic mass is 10.0. The fourth-order valence-electron chi connectivity index (χ4n) is 2.21. The molecule has 1 atom stereocenters. The molecule has 7 nitrogen and oxygen atoms in total. The largest absolute Gasteiger partial charge is 0.480 e. The molecule has 26 heavy (non-hydrogen) atoms. The van der Waals surface area contributed by atoms with Crippen molar-refractivity contribution in [2.24, 2.45) is 5.92 Å². The minimum absolute atomic E-state index is 0.00112. The van der Waals surface area contributed by atoms with Crippen LogP contribution in [-0.2, 0) is 14.3 Å². The van der Waals surface area contributed by atoms with E-state index in [1.165, 1.54) is 25.3 Å². The van der Waals surface area contributed by atoms with E-state index in [1.807, 2.05) is 13.8 Å². The summed E-state index contributed by atoms with van der Waals surface area (Å²) in [6.07, 6.45) is 0.112. The van der Waals surface area contributed by atoms with E-state index < -0.39 is 23.8 Å². The zero-order valence-electron chi connectivity index (χ0n) is 14.8. The summed E-state index contributed by atoms with van der Waals surface area (Å²) in [5.74, 6) is -2.57. The number of hydrazine groups is 1. The van der Waals surface area contributed by atoms with Crippen LogP contribution < -0.4 is 5.43 Å². The molecule has 0 aromatic heterocycles. The lowest BCUT2D eigenvalue weighted by molar-refractivity contribution is -0.145. The number of carboxylic acids is 1. The maximum atomic E-state index is 12.9. The van der Waals surface area contributed by atoms with Crippen LogP contribution in [0.25, 0.3) is 0 Å². The Morgan fingerprint density at radius 1 is 1.27 bits per heavy atom. The first-order chi connectivity index (χ1) is 12.2. The third kappa shape index (κ3) is 6.48. The summed E-state index contributed by atoms with van der Waals surface area (Å²) in [6.45, 7) is 3.77. The molecule has 0 aliphatic heterocycles. The fraction of sp³-hybridized carbons (Fsp3) is 0.471. The van der Waals surface area contributed by atoms with Crippen LogP contribution in [0.5, 0.6) is 0 Å². The van der Waals surface area contributed by atoms with Crippen molar-refractivity contribution in [2.45, 2.75) is 32.7 Å². The third-order valence-corrected chi connectivity index (χ3v) is 4.01. The number of hydrogen-bond donors (Lipinski definition) is 2. The second-order valence-electron chi connectivity index (χ2n) is 6.06. The van der Waals surface area contributed by atoms with Crippen molar-refractivity contribution in [1.82, 2.24) is 10.4 Å². The van der Waals surface area contributed by atoms with Gasteiger partial charge in [0.05, 0.1) is 23.6 Å². The summed E-state index contributed by atoms with van der Waals surface area (Å²) in [5.41, 5.74) is 2.37. The molecular formula is C17H22Cl2N2O5. The summed E-state index contributed by atoms with van der Waals surface area (Å²) in [6, 6.07) is 3.00. The van der Waals surface area contributed by atoms with Gasteiger partial charge in [-0.3, -0.25) is 15.0 Å². The maximum Gasteiger partial charge on any atom is 0.328 e. The van der Waals surface area contributed by atoms with Gasteiger partial charge in [0, 0.05) is 12.1 Å². The molecule has 2 N–H and O–H groups in total. The van der Waals surface area contributed by atoms with E-state index in [4.69, 9.17) is 27.9 Å². The molecule has 0 heterocycles. The number of nitrogens with zero attached hydrogens (tertiary/aromatic N) is 1. The number of ether oxygens (including phenoxy) is 1. The molecule has 0 radical (unpaired) electrons. The van der Waals surface area contributed by atoms with E-state index in [1.54, 1.807) is 0 Å². The average Bonchev–Trinajstić information content (AvgIpc) is 2.57. The average molecular weight is 405 g/mol. The Labute approximate surface area is 162 Å². The first kappa shape index (κ1) is 22.2. The van der Waals surface area contributed by atoms with Crippen LogP contribution >= 0.6 is 23.2 Å². The predicted molar refractivity (Wildman–Crippen MR) is 98.1 cm³/mol. The van der Waals surface area contributed by atoms with Gasteiger partial charge in [-0.05, 0) is 30.5 Å². The van der Waals surface area contributed by atoms with E-state index in [0.717, 1.165) is 5.01 Å². The van der Waals surface area contributed by atoms with E-state index in [9.17, 15) is 19.5 Å². The summed E-state index contributed by atoms with van der Waals surface area (Å²) < 4.78 is 4.83. The van der Waals surface area contributed by atoms with Crippen molar-refractivity contribution in [3.05, 3.63) is 33.8 Å². The van der Waals surface area contributed by atoms with Gasteiger partial charge in [0.1, 0.15) is 0 Å². The molecule has 9 heteroatoms. The number of carbonyl (C=O) groups is 3. The van der Waals surface area contributed by atoms with Crippen LogP contribution in [0.1, 0.15) is 37.0 Å². The molecular weight excluding hydrogens is 383 g/mol. The van der Waals surface area contributed by atoms with Gasteiger partial charge in [0.25, 0.3) is 5.91 Å². The van der Waals surface area contributed by atoms with E-state index in [2.05, 4.69) is 5.43 Å². The Morgan fingerprint density at radius 3 is 2.46 bits per heavy atom. The van der Waals surface area contributed by atoms with Crippen molar-refractivity contribution in [1.29, 1.82) is 0 Å². The van der Waals surface area contributed by atoms with E-state index in [-0.39, 0.29) is 41.0 Å².